The van der Waals surface area contributed by atoms with E-state index in [0.29, 0.717) is 23.5 Å². The number of hydrogen-bond donors (Lipinski definition) is 1. The molecule has 5 rings (SSSR count). The van der Waals surface area contributed by atoms with Crippen molar-refractivity contribution < 1.29 is 19.1 Å². The van der Waals surface area contributed by atoms with Gasteiger partial charge in [-0.3, -0.25) is 4.79 Å². The normalized spacial score (nSPS) is 18.4. The van der Waals surface area contributed by atoms with Gasteiger partial charge in [0.25, 0.3) is 0 Å². The highest BCUT2D eigenvalue weighted by atomic mass is 16.5. The standard InChI is InChI=1S/C23H23NO5/c1-23(2,3)19-9-14-13-5-4-6-18(28-12-7-8-12)21(13)29-20(14)16-10-17(25)15(22(26)27)11-24(16)19/h4-6,10-12,19H,7-9H2,1-3H3,(H,26,27). The number of nitrogens with zero attached hydrogens (tertiary/aromatic N) is 1. The van der Waals surface area contributed by atoms with Gasteiger partial charge in [0.05, 0.1) is 11.8 Å². The van der Waals surface area contributed by atoms with E-state index in [-0.39, 0.29) is 23.1 Å². The van der Waals surface area contributed by atoms with Gasteiger partial charge in [0.2, 0.25) is 0 Å². The number of carboxylic acids is 1. The van der Waals surface area contributed by atoms with E-state index in [0.717, 1.165) is 29.5 Å². The second kappa shape index (κ2) is 5.99. The second-order valence-corrected chi connectivity index (χ2v) is 9.09. The number of hydrogen-bond acceptors (Lipinski definition) is 4. The molecule has 1 fully saturated rings. The first kappa shape index (κ1) is 18.0. The average molecular weight is 393 g/mol. The van der Waals surface area contributed by atoms with E-state index in [1.54, 1.807) is 0 Å². The van der Waals surface area contributed by atoms with Gasteiger partial charge in [-0.1, -0.05) is 32.9 Å². The van der Waals surface area contributed by atoms with E-state index < -0.39 is 11.4 Å². The maximum Gasteiger partial charge on any atom is 0.341 e. The topological polar surface area (TPSA) is 81.7 Å². The summed E-state index contributed by atoms with van der Waals surface area (Å²) in [4.78, 5) is 24.0. The van der Waals surface area contributed by atoms with E-state index in [1.807, 2.05) is 22.8 Å². The van der Waals surface area contributed by atoms with Gasteiger partial charge in [-0.2, -0.15) is 0 Å². The number of ether oxygens (including phenoxy) is 1. The molecule has 6 nitrogen and oxygen atoms in total. The summed E-state index contributed by atoms with van der Waals surface area (Å²) in [6.07, 6.45) is 4.51. The largest absolute Gasteiger partial charge is 0.486 e. The van der Waals surface area contributed by atoms with Gasteiger partial charge >= 0.3 is 5.97 Å². The zero-order chi connectivity index (χ0) is 20.5. The first-order chi connectivity index (χ1) is 13.7. The summed E-state index contributed by atoms with van der Waals surface area (Å²) < 4.78 is 14.2. The molecule has 3 heterocycles. The Kier molecular flexibility index (Phi) is 3.72. The summed E-state index contributed by atoms with van der Waals surface area (Å²) in [5, 5.41) is 10.4. The van der Waals surface area contributed by atoms with E-state index >= 15 is 0 Å². The van der Waals surface area contributed by atoms with Crippen LogP contribution in [0, 0.1) is 5.41 Å². The third-order valence-electron chi connectivity index (χ3n) is 5.88. The molecule has 29 heavy (non-hydrogen) atoms. The number of benzene rings is 1. The van der Waals surface area contributed by atoms with Crippen LogP contribution in [0.3, 0.4) is 0 Å². The van der Waals surface area contributed by atoms with Crippen LogP contribution in [0.25, 0.3) is 22.4 Å². The number of carboxylic acid groups (broad SMARTS) is 1. The maximum atomic E-state index is 12.5. The molecule has 2 aliphatic rings. The third-order valence-corrected chi connectivity index (χ3v) is 5.88. The zero-order valence-electron chi connectivity index (χ0n) is 16.7. The Morgan fingerprint density at radius 2 is 2.03 bits per heavy atom. The summed E-state index contributed by atoms with van der Waals surface area (Å²) in [6, 6.07) is 7.28. The van der Waals surface area contributed by atoms with Crippen LogP contribution in [0.5, 0.6) is 5.75 Å². The van der Waals surface area contributed by atoms with Crippen LogP contribution in [0.15, 0.2) is 39.7 Å². The molecular formula is C23H23NO5. The van der Waals surface area contributed by atoms with Crippen LogP contribution in [0.2, 0.25) is 0 Å². The number of rotatable bonds is 3. The highest BCUT2D eigenvalue weighted by molar-refractivity contribution is 5.92. The summed E-state index contributed by atoms with van der Waals surface area (Å²) in [6.45, 7) is 6.36. The molecule has 0 spiro atoms. The van der Waals surface area contributed by atoms with Gasteiger partial charge in [0.15, 0.2) is 22.5 Å². The Bertz CT molecular complexity index is 1210. The number of pyridine rings is 1. The first-order valence-corrected chi connectivity index (χ1v) is 9.95. The highest BCUT2D eigenvalue weighted by Gasteiger charge is 2.37. The fourth-order valence-corrected chi connectivity index (χ4v) is 4.18. The molecule has 0 radical (unpaired) electrons. The summed E-state index contributed by atoms with van der Waals surface area (Å²) in [5.74, 6) is 0.137. The van der Waals surface area contributed by atoms with Crippen molar-refractivity contribution in [3.8, 4) is 17.2 Å². The van der Waals surface area contributed by atoms with Crippen molar-refractivity contribution in [1.82, 2.24) is 4.57 Å². The Hall–Kier alpha value is -3.02. The number of para-hydroxylation sites is 1. The molecular weight excluding hydrogens is 370 g/mol. The Morgan fingerprint density at radius 1 is 1.28 bits per heavy atom. The predicted molar refractivity (Wildman–Crippen MR) is 109 cm³/mol. The number of furan rings is 1. The van der Waals surface area contributed by atoms with Gasteiger partial charge in [-0.05, 0) is 30.7 Å². The van der Waals surface area contributed by atoms with Gasteiger partial charge in [0, 0.05) is 29.3 Å². The number of fused-ring (bicyclic) bond motifs is 5. The number of aromatic nitrogens is 1. The van der Waals surface area contributed by atoms with Crippen LogP contribution < -0.4 is 10.2 Å². The molecule has 2 aromatic heterocycles. The van der Waals surface area contributed by atoms with Crippen molar-refractivity contribution in [3.05, 3.63) is 51.8 Å². The summed E-state index contributed by atoms with van der Waals surface area (Å²) in [5.41, 5.74) is 1.47. The lowest BCUT2D eigenvalue weighted by Gasteiger charge is -2.37. The lowest BCUT2D eigenvalue weighted by atomic mass is 9.80. The summed E-state index contributed by atoms with van der Waals surface area (Å²) in [7, 11) is 0. The van der Waals surface area contributed by atoms with E-state index in [2.05, 4.69) is 20.8 Å². The molecule has 1 unspecified atom stereocenters. The van der Waals surface area contributed by atoms with Crippen LogP contribution in [0.4, 0.5) is 0 Å². The number of aromatic carboxylic acids is 1. The van der Waals surface area contributed by atoms with Crippen LogP contribution >= 0.6 is 0 Å². The van der Waals surface area contributed by atoms with Gasteiger partial charge in [0.1, 0.15) is 5.56 Å². The molecule has 0 amide bonds. The van der Waals surface area contributed by atoms with E-state index in [9.17, 15) is 14.7 Å². The number of carbonyl (C=O) groups is 1. The molecule has 1 N–H and O–H groups in total. The van der Waals surface area contributed by atoms with Crippen LogP contribution in [-0.2, 0) is 6.42 Å². The van der Waals surface area contributed by atoms with Gasteiger partial charge < -0.3 is 18.8 Å². The van der Waals surface area contributed by atoms with Crippen LogP contribution in [-0.4, -0.2) is 21.7 Å². The maximum absolute atomic E-state index is 12.5. The quantitative estimate of drug-likeness (QED) is 0.701. The fraction of sp³-hybridized carbons (Fsp3) is 0.391. The molecule has 1 aliphatic heterocycles. The minimum absolute atomic E-state index is 0.0162. The highest BCUT2D eigenvalue weighted by Crippen LogP contribution is 2.47. The zero-order valence-corrected chi connectivity index (χ0v) is 16.7. The second-order valence-electron chi connectivity index (χ2n) is 9.09. The van der Waals surface area contributed by atoms with Crippen molar-refractivity contribution in [2.75, 3.05) is 0 Å². The molecule has 3 aromatic rings. The molecule has 1 saturated carbocycles. The average Bonchev–Trinajstić information content (AvgIpc) is 3.37. The minimum atomic E-state index is -1.21. The Balaban J connectivity index is 1.78. The molecule has 0 bridgehead atoms. The van der Waals surface area contributed by atoms with Crippen molar-refractivity contribution in [2.24, 2.45) is 5.41 Å². The van der Waals surface area contributed by atoms with Crippen molar-refractivity contribution in [3.63, 3.8) is 0 Å². The lowest BCUT2D eigenvalue weighted by molar-refractivity contribution is 0.0693. The molecule has 150 valence electrons. The van der Waals surface area contributed by atoms with Gasteiger partial charge in [-0.25, -0.2) is 4.79 Å². The van der Waals surface area contributed by atoms with Crippen LogP contribution in [0.1, 0.15) is 55.6 Å². The molecule has 1 aromatic carbocycles. The SMILES string of the molecule is CC(C)(C)C1Cc2c(oc3c(OC4CC4)cccc23)-c2cc(=O)c(C(=O)O)cn21. The third kappa shape index (κ3) is 2.85. The van der Waals surface area contributed by atoms with Crippen molar-refractivity contribution >= 4 is 16.9 Å². The van der Waals surface area contributed by atoms with Crippen molar-refractivity contribution in [1.29, 1.82) is 0 Å². The lowest BCUT2D eigenvalue weighted by Crippen LogP contribution is -2.32. The monoisotopic (exact) mass is 393 g/mol. The Morgan fingerprint density at radius 3 is 2.69 bits per heavy atom. The fourth-order valence-electron chi connectivity index (χ4n) is 4.18. The molecule has 1 atom stereocenters. The molecule has 6 heteroatoms. The smallest absolute Gasteiger partial charge is 0.341 e. The van der Waals surface area contributed by atoms with E-state index in [4.69, 9.17) is 9.15 Å². The first-order valence-electron chi connectivity index (χ1n) is 9.95. The predicted octanol–water partition coefficient (Wildman–Crippen LogP) is 4.64. The molecule has 0 saturated heterocycles. The minimum Gasteiger partial charge on any atom is -0.486 e. The Labute approximate surface area is 167 Å². The summed E-state index contributed by atoms with van der Waals surface area (Å²) >= 11 is 0. The molecule has 1 aliphatic carbocycles. The van der Waals surface area contributed by atoms with Gasteiger partial charge in [-0.15, -0.1) is 0 Å². The van der Waals surface area contributed by atoms with E-state index in [1.165, 1.54) is 12.3 Å². The van der Waals surface area contributed by atoms with Crippen molar-refractivity contribution in [2.45, 2.75) is 52.2 Å².